The van der Waals surface area contributed by atoms with Gasteiger partial charge in [0.05, 0.1) is 60.4 Å². The van der Waals surface area contributed by atoms with Crippen LogP contribution < -0.4 is 27.0 Å². The topological polar surface area (TPSA) is 162 Å². The highest BCUT2D eigenvalue weighted by atomic mass is 19.1. The molecule has 2 aliphatic rings. The predicted octanol–water partition coefficient (Wildman–Crippen LogP) is 5.60. The van der Waals surface area contributed by atoms with Crippen molar-refractivity contribution < 1.29 is 23.5 Å². The molecule has 6 N–H and O–H groups in total. The first kappa shape index (κ1) is 37.1. The van der Waals surface area contributed by atoms with Crippen LogP contribution in [-0.2, 0) is 9.47 Å². The molecule has 2 aromatic heterocycles. The SMILES string of the molecule is Cc1c(C(=O)Nc2ccc([C@H]3CNCCO3)cc2)cnn1-c1ccccc1.Nc1c(C(=O)Nc2ccc([C@H]3CNCCO3)cc2)cnn1-c1ccc(F)cc1. The van der Waals surface area contributed by atoms with Gasteiger partial charge in [-0.1, -0.05) is 42.5 Å². The van der Waals surface area contributed by atoms with Crippen LogP contribution in [0.15, 0.2) is 116 Å². The number of morpholine rings is 2. The van der Waals surface area contributed by atoms with E-state index in [1.54, 1.807) is 23.0 Å². The Balaban J connectivity index is 0.000000169. The number of hydrogen-bond acceptors (Lipinski definition) is 9. The molecule has 13 nitrogen and oxygen atoms in total. The number of para-hydroxylation sites is 1. The summed E-state index contributed by atoms with van der Waals surface area (Å²) < 4.78 is 27.7. The summed E-state index contributed by atoms with van der Waals surface area (Å²) in [5.41, 5.74) is 12.7. The van der Waals surface area contributed by atoms with Crippen molar-refractivity contribution in [3.63, 3.8) is 0 Å². The molecule has 0 radical (unpaired) electrons. The number of nitrogens with zero attached hydrogens (tertiary/aromatic N) is 4. The van der Waals surface area contributed by atoms with E-state index in [0.29, 0.717) is 30.2 Å². The van der Waals surface area contributed by atoms with Crippen LogP contribution in [0.25, 0.3) is 11.4 Å². The van der Waals surface area contributed by atoms with E-state index in [9.17, 15) is 14.0 Å². The van der Waals surface area contributed by atoms with Crippen molar-refractivity contribution in [2.45, 2.75) is 19.1 Å². The lowest BCUT2D eigenvalue weighted by Crippen LogP contribution is -2.33. The van der Waals surface area contributed by atoms with Gasteiger partial charge in [0.25, 0.3) is 11.8 Å². The zero-order valence-corrected chi connectivity index (χ0v) is 30.2. The molecule has 4 aromatic carbocycles. The molecule has 2 fully saturated rings. The number of hydrogen-bond donors (Lipinski definition) is 5. The van der Waals surface area contributed by atoms with Crippen LogP contribution in [0.2, 0.25) is 0 Å². The maximum Gasteiger partial charge on any atom is 0.261 e. The van der Waals surface area contributed by atoms with Crippen molar-refractivity contribution >= 4 is 29.0 Å². The van der Waals surface area contributed by atoms with Gasteiger partial charge in [-0.3, -0.25) is 9.59 Å². The second-order valence-electron chi connectivity index (χ2n) is 13.0. The summed E-state index contributed by atoms with van der Waals surface area (Å²) in [5.74, 6) is -0.708. The quantitative estimate of drug-likeness (QED) is 0.134. The predicted molar refractivity (Wildman–Crippen MR) is 208 cm³/mol. The molecule has 2 amide bonds. The highest BCUT2D eigenvalue weighted by Crippen LogP contribution is 2.24. The van der Waals surface area contributed by atoms with Gasteiger partial charge in [0.1, 0.15) is 17.2 Å². The van der Waals surface area contributed by atoms with Crippen molar-refractivity contribution in [2.24, 2.45) is 0 Å². The number of benzene rings is 4. The Morgan fingerprint density at radius 2 is 1.18 bits per heavy atom. The largest absolute Gasteiger partial charge is 0.383 e. The molecule has 282 valence electrons. The van der Waals surface area contributed by atoms with E-state index in [1.165, 1.54) is 23.0 Å². The summed E-state index contributed by atoms with van der Waals surface area (Å²) in [6.07, 6.45) is 3.08. The molecule has 0 aliphatic carbocycles. The fourth-order valence-electron chi connectivity index (χ4n) is 6.30. The van der Waals surface area contributed by atoms with E-state index < -0.39 is 0 Å². The maximum absolute atomic E-state index is 13.1. The number of aromatic nitrogens is 4. The third-order valence-electron chi connectivity index (χ3n) is 9.31. The smallest absolute Gasteiger partial charge is 0.261 e. The van der Waals surface area contributed by atoms with Gasteiger partial charge in [-0.2, -0.15) is 10.2 Å². The summed E-state index contributed by atoms with van der Waals surface area (Å²) in [7, 11) is 0. The maximum atomic E-state index is 13.1. The summed E-state index contributed by atoms with van der Waals surface area (Å²) in [5, 5.41) is 20.9. The van der Waals surface area contributed by atoms with Gasteiger partial charge in [0, 0.05) is 37.6 Å². The second kappa shape index (κ2) is 17.3. The van der Waals surface area contributed by atoms with E-state index >= 15 is 0 Å². The standard InChI is InChI=1S/C21H22N4O2.C20H20FN5O2/c1-15-19(13-23-25(15)18-5-3-2-4-6-18)21(26)24-17-9-7-16(8-10-17)20-14-22-11-12-27-20;21-14-3-7-16(8-4-14)26-19(22)17(11-24-26)20(27)25-15-5-1-13(2-6-15)18-12-23-9-10-28-18/h2-10,13,20,22H,11-12,14H2,1H3,(H,24,26);1-8,11,18,23H,9-10,12,22H2,(H,25,27)/t20-;18-/m11/s1. The van der Waals surface area contributed by atoms with Crippen molar-refractivity contribution in [3.8, 4) is 11.4 Å². The van der Waals surface area contributed by atoms with Gasteiger partial charge in [-0.25, -0.2) is 13.8 Å². The molecule has 4 heterocycles. The van der Waals surface area contributed by atoms with Crippen LogP contribution in [0.1, 0.15) is 49.7 Å². The molecule has 55 heavy (non-hydrogen) atoms. The number of ether oxygens (including phenoxy) is 2. The zero-order chi connectivity index (χ0) is 38.1. The molecule has 6 aromatic rings. The Morgan fingerprint density at radius 1 is 0.691 bits per heavy atom. The summed E-state index contributed by atoms with van der Waals surface area (Å²) >= 11 is 0. The van der Waals surface area contributed by atoms with E-state index in [-0.39, 0.29) is 41.2 Å². The van der Waals surface area contributed by atoms with E-state index in [4.69, 9.17) is 15.2 Å². The van der Waals surface area contributed by atoms with Crippen LogP contribution in [-0.4, -0.2) is 70.8 Å². The Bertz CT molecular complexity index is 2190. The Morgan fingerprint density at radius 3 is 1.71 bits per heavy atom. The number of anilines is 3. The molecule has 0 unspecified atom stereocenters. The minimum absolute atomic E-state index is 0.0167. The lowest BCUT2D eigenvalue weighted by molar-refractivity contribution is 0.0276. The number of nitrogens with two attached hydrogens (primary N) is 1. The highest BCUT2D eigenvalue weighted by molar-refractivity contribution is 6.07. The van der Waals surface area contributed by atoms with Crippen LogP contribution in [0.3, 0.4) is 0 Å². The molecular weight excluding hydrogens is 702 g/mol. The Kier molecular flexibility index (Phi) is 11.7. The van der Waals surface area contributed by atoms with E-state index in [0.717, 1.165) is 54.4 Å². The molecule has 0 spiro atoms. The third kappa shape index (κ3) is 8.96. The van der Waals surface area contributed by atoms with Gasteiger partial charge >= 0.3 is 0 Å². The molecule has 0 bridgehead atoms. The number of nitrogens with one attached hydrogen (secondary N) is 4. The van der Waals surface area contributed by atoms with Crippen molar-refractivity contribution in [1.29, 1.82) is 0 Å². The fraction of sp³-hybridized carbons (Fsp3) is 0.220. The Hall–Kier alpha value is -6.19. The fourth-order valence-corrected chi connectivity index (χ4v) is 6.30. The van der Waals surface area contributed by atoms with Crippen LogP contribution >= 0.6 is 0 Å². The lowest BCUT2D eigenvalue weighted by atomic mass is 10.1. The number of nitrogen functional groups attached to an aromatic ring is 1. The van der Waals surface area contributed by atoms with Crippen molar-refractivity contribution in [3.05, 3.63) is 149 Å². The van der Waals surface area contributed by atoms with Gasteiger partial charge in [-0.15, -0.1) is 0 Å². The minimum atomic E-state index is -0.366. The van der Waals surface area contributed by atoms with Crippen LogP contribution in [0.5, 0.6) is 0 Å². The average Bonchev–Trinajstić information content (AvgIpc) is 3.82. The van der Waals surface area contributed by atoms with Crippen molar-refractivity contribution in [1.82, 2.24) is 30.2 Å². The van der Waals surface area contributed by atoms with Gasteiger partial charge < -0.3 is 36.5 Å². The van der Waals surface area contributed by atoms with Gasteiger partial charge in [-0.05, 0) is 78.7 Å². The molecule has 0 saturated carbocycles. The first-order chi connectivity index (χ1) is 26.8. The van der Waals surface area contributed by atoms with Gasteiger partial charge in [0.2, 0.25) is 0 Å². The molecule has 2 atom stereocenters. The lowest BCUT2D eigenvalue weighted by Gasteiger charge is -2.24. The average molecular weight is 744 g/mol. The van der Waals surface area contributed by atoms with Gasteiger partial charge in [0.15, 0.2) is 0 Å². The van der Waals surface area contributed by atoms with Crippen LogP contribution in [0, 0.1) is 12.7 Å². The van der Waals surface area contributed by atoms with E-state index in [1.807, 2.05) is 85.8 Å². The molecular formula is C41H42FN9O4. The van der Waals surface area contributed by atoms with E-state index in [2.05, 4.69) is 31.5 Å². The summed E-state index contributed by atoms with van der Waals surface area (Å²) in [6, 6.07) is 30.8. The number of halogens is 1. The summed E-state index contributed by atoms with van der Waals surface area (Å²) in [4.78, 5) is 25.2. The Labute approximate surface area is 317 Å². The highest BCUT2D eigenvalue weighted by Gasteiger charge is 2.20. The first-order valence-electron chi connectivity index (χ1n) is 18.0. The third-order valence-corrected chi connectivity index (χ3v) is 9.31. The molecule has 14 heteroatoms. The minimum Gasteiger partial charge on any atom is -0.383 e. The number of carbonyl (C=O) groups excluding carboxylic acids is 2. The zero-order valence-electron chi connectivity index (χ0n) is 30.2. The number of rotatable bonds is 8. The molecule has 8 rings (SSSR count). The monoisotopic (exact) mass is 743 g/mol. The second-order valence-corrected chi connectivity index (χ2v) is 13.0. The number of amides is 2. The molecule has 2 saturated heterocycles. The van der Waals surface area contributed by atoms with Crippen molar-refractivity contribution in [2.75, 3.05) is 55.8 Å². The van der Waals surface area contributed by atoms with Crippen LogP contribution in [0.4, 0.5) is 21.6 Å². The first-order valence-corrected chi connectivity index (χ1v) is 18.0. The normalized spacial score (nSPS) is 16.8. The summed E-state index contributed by atoms with van der Waals surface area (Å²) in [6.45, 7) is 6.62. The number of carbonyl (C=O) groups is 2. The molecule has 2 aliphatic heterocycles.